The van der Waals surface area contributed by atoms with Gasteiger partial charge in [0.1, 0.15) is 11.6 Å². The molecule has 2 aliphatic carbocycles. The van der Waals surface area contributed by atoms with Gasteiger partial charge < -0.3 is 15.6 Å². The van der Waals surface area contributed by atoms with Gasteiger partial charge in [0.25, 0.3) is 0 Å². The molecule has 6 heteroatoms. The molecule has 1 aliphatic heterocycles. The monoisotopic (exact) mass is 331 g/mol. The second-order valence-electron chi connectivity index (χ2n) is 7.83. The molecule has 0 radical (unpaired) electrons. The van der Waals surface area contributed by atoms with E-state index in [2.05, 4.69) is 20.1 Å². The van der Waals surface area contributed by atoms with E-state index in [1.54, 1.807) is 0 Å². The topological polar surface area (TPSA) is 85.8 Å². The molecule has 24 heavy (non-hydrogen) atoms. The molecule has 2 saturated carbocycles. The molecular formula is C18H29N5O. The summed E-state index contributed by atoms with van der Waals surface area (Å²) in [7, 11) is 0. The Hall–Kier alpha value is -1.43. The summed E-state index contributed by atoms with van der Waals surface area (Å²) in [6.07, 6.45) is 10.1. The van der Waals surface area contributed by atoms with Crippen LogP contribution in [-0.2, 0) is 24.2 Å². The van der Waals surface area contributed by atoms with Crippen molar-refractivity contribution in [2.45, 2.75) is 70.4 Å². The predicted molar refractivity (Wildman–Crippen MR) is 91.2 cm³/mol. The van der Waals surface area contributed by atoms with Crippen molar-refractivity contribution in [3.8, 4) is 0 Å². The SMILES string of the molecule is NC1C2CCC(C2)C1C(=O)NCCCc1nnc2n1CCCCC2. The van der Waals surface area contributed by atoms with Gasteiger partial charge in [-0.3, -0.25) is 4.79 Å². The molecule has 0 aromatic carbocycles. The quantitative estimate of drug-likeness (QED) is 0.799. The molecule has 4 rings (SSSR count). The number of rotatable bonds is 5. The van der Waals surface area contributed by atoms with Crippen molar-refractivity contribution in [2.24, 2.45) is 23.5 Å². The molecule has 1 amide bonds. The Bertz CT molecular complexity index is 596. The van der Waals surface area contributed by atoms with E-state index < -0.39 is 0 Å². The predicted octanol–water partition coefficient (Wildman–Crippen LogP) is 1.43. The van der Waals surface area contributed by atoms with E-state index in [0.29, 0.717) is 18.4 Å². The molecule has 2 heterocycles. The van der Waals surface area contributed by atoms with Crippen molar-refractivity contribution >= 4 is 5.91 Å². The van der Waals surface area contributed by atoms with E-state index in [0.717, 1.165) is 43.9 Å². The Labute approximate surface area is 143 Å². The Morgan fingerprint density at radius 1 is 1.21 bits per heavy atom. The molecule has 4 atom stereocenters. The number of carbonyl (C=O) groups is 1. The minimum atomic E-state index is 0.0492. The number of nitrogens with two attached hydrogens (primary N) is 1. The maximum atomic E-state index is 12.5. The van der Waals surface area contributed by atoms with Crippen LogP contribution in [0.4, 0.5) is 0 Å². The number of amides is 1. The second-order valence-corrected chi connectivity index (χ2v) is 7.83. The van der Waals surface area contributed by atoms with Crippen LogP contribution in [0.2, 0.25) is 0 Å². The van der Waals surface area contributed by atoms with E-state index in [1.807, 2.05) is 0 Å². The molecule has 2 bridgehead atoms. The lowest BCUT2D eigenvalue weighted by molar-refractivity contribution is -0.127. The molecule has 2 fully saturated rings. The maximum absolute atomic E-state index is 12.5. The average Bonchev–Trinajstić information content (AvgIpc) is 3.22. The van der Waals surface area contributed by atoms with Crippen molar-refractivity contribution in [3.05, 3.63) is 11.6 Å². The number of carbonyl (C=O) groups excluding carboxylic acids is 1. The summed E-state index contributed by atoms with van der Waals surface area (Å²) in [6, 6.07) is 0.0796. The summed E-state index contributed by atoms with van der Waals surface area (Å²) in [5.74, 6) is 3.55. The van der Waals surface area contributed by atoms with Crippen molar-refractivity contribution in [3.63, 3.8) is 0 Å². The fourth-order valence-corrected chi connectivity index (χ4v) is 5.03. The number of hydrogen-bond acceptors (Lipinski definition) is 4. The zero-order valence-corrected chi connectivity index (χ0v) is 14.4. The maximum Gasteiger partial charge on any atom is 0.224 e. The second kappa shape index (κ2) is 6.82. The summed E-state index contributed by atoms with van der Waals surface area (Å²) >= 11 is 0. The lowest BCUT2D eigenvalue weighted by Gasteiger charge is -2.27. The van der Waals surface area contributed by atoms with Gasteiger partial charge >= 0.3 is 0 Å². The molecular weight excluding hydrogens is 302 g/mol. The van der Waals surface area contributed by atoms with Crippen LogP contribution >= 0.6 is 0 Å². The summed E-state index contributed by atoms with van der Waals surface area (Å²) < 4.78 is 2.29. The normalized spacial score (nSPS) is 31.7. The van der Waals surface area contributed by atoms with Crippen molar-refractivity contribution in [2.75, 3.05) is 6.54 Å². The number of hydrogen-bond donors (Lipinski definition) is 2. The van der Waals surface area contributed by atoms with Gasteiger partial charge in [-0.25, -0.2) is 0 Å². The number of aromatic nitrogens is 3. The first kappa shape index (κ1) is 16.1. The largest absolute Gasteiger partial charge is 0.356 e. The minimum Gasteiger partial charge on any atom is -0.356 e. The standard InChI is InChI=1S/C18H29N5O/c19-17-13-8-7-12(11-13)16(17)18(24)20-9-4-6-15-22-21-14-5-2-1-3-10-23(14)15/h12-13,16-17H,1-11,19H2,(H,20,24). The number of fused-ring (bicyclic) bond motifs is 3. The summed E-state index contributed by atoms with van der Waals surface area (Å²) in [6.45, 7) is 1.76. The Morgan fingerprint density at radius 3 is 2.92 bits per heavy atom. The van der Waals surface area contributed by atoms with Crippen LogP contribution in [0.1, 0.15) is 56.6 Å². The van der Waals surface area contributed by atoms with E-state index in [-0.39, 0.29) is 17.9 Å². The minimum absolute atomic E-state index is 0.0492. The van der Waals surface area contributed by atoms with E-state index in [4.69, 9.17) is 5.73 Å². The van der Waals surface area contributed by atoms with Gasteiger partial charge in [0.05, 0.1) is 5.92 Å². The third-order valence-electron chi connectivity index (χ3n) is 6.35. The highest BCUT2D eigenvalue weighted by molar-refractivity contribution is 5.80. The van der Waals surface area contributed by atoms with Crippen LogP contribution < -0.4 is 11.1 Å². The average molecular weight is 331 g/mol. The third kappa shape index (κ3) is 2.96. The Balaban J connectivity index is 1.25. The Kier molecular flexibility index (Phi) is 4.57. The van der Waals surface area contributed by atoms with Gasteiger partial charge in [0.15, 0.2) is 0 Å². The van der Waals surface area contributed by atoms with E-state index in [9.17, 15) is 4.79 Å². The van der Waals surface area contributed by atoms with Crippen LogP contribution in [0.25, 0.3) is 0 Å². The molecule has 3 N–H and O–H groups in total. The first-order valence-electron chi connectivity index (χ1n) is 9.68. The number of aryl methyl sites for hydroxylation is 2. The van der Waals surface area contributed by atoms with E-state index >= 15 is 0 Å². The third-order valence-corrected chi connectivity index (χ3v) is 6.35. The first-order chi connectivity index (χ1) is 11.7. The van der Waals surface area contributed by atoms with Crippen LogP contribution in [-0.4, -0.2) is 33.3 Å². The van der Waals surface area contributed by atoms with Gasteiger partial charge in [-0.15, -0.1) is 10.2 Å². The first-order valence-corrected chi connectivity index (χ1v) is 9.68. The molecule has 6 nitrogen and oxygen atoms in total. The molecule has 132 valence electrons. The van der Waals surface area contributed by atoms with Gasteiger partial charge in [-0.05, 0) is 50.4 Å². The molecule has 4 unspecified atom stereocenters. The molecule has 3 aliphatic rings. The van der Waals surface area contributed by atoms with Gasteiger partial charge in [-0.1, -0.05) is 6.42 Å². The summed E-state index contributed by atoms with van der Waals surface area (Å²) in [5, 5.41) is 11.8. The van der Waals surface area contributed by atoms with Gasteiger partial charge in [0.2, 0.25) is 5.91 Å². The van der Waals surface area contributed by atoms with Gasteiger partial charge in [0, 0.05) is 32.0 Å². The van der Waals surface area contributed by atoms with Crippen molar-refractivity contribution in [1.82, 2.24) is 20.1 Å². The highest BCUT2D eigenvalue weighted by Crippen LogP contribution is 2.47. The number of nitrogens with one attached hydrogen (secondary N) is 1. The zero-order valence-electron chi connectivity index (χ0n) is 14.4. The smallest absolute Gasteiger partial charge is 0.224 e. The molecule has 0 saturated heterocycles. The molecule has 1 aromatic heterocycles. The summed E-state index contributed by atoms with van der Waals surface area (Å²) in [4.78, 5) is 12.5. The fourth-order valence-electron chi connectivity index (χ4n) is 5.03. The highest BCUT2D eigenvalue weighted by Gasteiger charge is 2.48. The van der Waals surface area contributed by atoms with Crippen LogP contribution in [0.15, 0.2) is 0 Å². The lowest BCUT2D eigenvalue weighted by Crippen LogP contribution is -2.45. The lowest BCUT2D eigenvalue weighted by atomic mass is 9.84. The number of nitrogens with zero attached hydrogens (tertiary/aromatic N) is 3. The highest BCUT2D eigenvalue weighted by atomic mass is 16.1. The Morgan fingerprint density at radius 2 is 2.08 bits per heavy atom. The molecule has 1 aromatic rings. The van der Waals surface area contributed by atoms with Crippen molar-refractivity contribution < 1.29 is 4.79 Å². The van der Waals surface area contributed by atoms with Crippen molar-refractivity contribution in [1.29, 1.82) is 0 Å². The van der Waals surface area contributed by atoms with Crippen LogP contribution in [0.3, 0.4) is 0 Å². The summed E-state index contributed by atoms with van der Waals surface area (Å²) in [5.41, 5.74) is 6.26. The molecule has 0 spiro atoms. The van der Waals surface area contributed by atoms with E-state index in [1.165, 1.54) is 32.1 Å². The fraction of sp³-hybridized carbons (Fsp3) is 0.833. The van der Waals surface area contributed by atoms with Crippen LogP contribution in [0, 0.1) is 17.8 Å². The van der Waals surface area contributed by atoms with Crippen LogP contribution in [0.5, 0.6) is 0 Å². The van der Waals surface area contributed by atoms with Gasteiger partial charge in [-0.2, -0.15) is 0 Å². The zero-order chi connectivity index (χ0) is 16.5.